The second-order valence-corrected chi connectivity index (χ2v) is 7.53. The van der Waals surface area contributed by atoms with E-state index in [1.807, 2.05) is 0 Å². The Kier molecular flexibility index (Phi) is 5.11. The molecular weight excluding hydrogens is 248 g/mol. The monoisotopic (exact) mass is 280 g/mol. The van der Waals surface area contributed by atoms with Crippen molar-refractivity contribution in [2.45, 2.75) is 84.8 Å². The molecule has 1 saturated carbocycles. The third-order valence-corrected chi connectivity index (χ3v) is 5.13. The van der Waals surface area contributed by atoms with E-state index >= 15 is 0 Å². The highest BCUT2D eigenvalue weighted by Gasteiger charge is 2.43. The average molecular weight is 280 g/mol. The number of nitrogens with one attached hydrogen (secondary N) is 1. The van der Waals surface area contributed by atoms with Crippen LogP contribution in [-0.4, -0.2) is 29.6 Å². The first-order valence-corrected chi connectivity index (χ1v) is 8.53. The average Bonchev–Trinajstić information content (AvgIpc) is 2.94. The van der Waals surface area contributed by atoms with Crippen molar-refractivity contribution < 1.29 is 4.79 Å². The summed E-state index contributed by atoms with van der Waals surface area (Å²) in [6.07, 6.45) is 8.75. The molecule has 2 atom stereocenters. The van der Waals surface area contributed by atoms with Crippen LogP contribution in [0.25, 0.3) is 0 Å². The molecule has 1 aliphatic heterocycles. The summed E-state index contributed by atoms with van der Waals surface area (Å²) in [6.45, 7) is 9.94. The van der Waals surface area contributed by atoms with Gasteiger partial charge in [0.15, 0.2) is 0 Å². The van der Waals surface area contributed by atoms with E-state index in [0.29, 0.717) is 17.2 Å². The number of unbranched alkanes of at least 4 members (excludes halogenated alkanes) is 1. The van der Waals surface area contributed by atoms with Crippen LogP contribution in [0, 0.1) is 11.3 Å². The first-order chi connectivity index (χ1) is 9.47. The third-order valence-electron chi connectivity index (χ3n) is 5.13. The van der Waals surface area contributed by atoms with E-state index in [-0.39, 0.29) is 12.2 Å². The molecule has 3 heteroatoms. The molecule has 0 spiro atoms. The highest BCUT2D eigenvalue weighted by molar-refractivity contribution is 5.84. The van der Waals surface area contributed by atoms with Crippen molar-refractivity contribution in [1.29, 1.82) is 0 Å². The Morgan fingerprint density at radius 2 is 2.00 bits per heavy atom. The van der Waals surface area contributed by atoms with Crippen LogP contribution in [0.3, 0.4) is 0 Å². The van der Waals surface area contributed by atoms with Gasteiger partial charge < -0.3 is 4.90 Å². The maximum atomic E-state index is 12.7. The van der Waals surface area contributed by atoms with E-state index in [1.165, 1.54) is 25.7 Å². The van der Waals surface area contributed by atoms with Gasteiger partial charge in [-0.2, -0.15) is 0 Å². The predicted molar refractivity (Wildman–Crippen MR) is 83.4 cm³/mol. The van der Waals surface area contributed by atoms with Crippen molar-refractivity contribution in [2.75, 3.05) is 6.54 Å². The van der Waals surface area contributed by atoms with Gasteiger partial charge in [0.25, 0.3) is 0 Å². The third kappa shape index (κ3) is 3.36. The van der Waals surface area contributed by atoms with Gasteiger partial charge in [-0.25, -0.2) is 0 Å². The van der Waals surface area contributed by atoms with Gasteiger partial charge in [0, 0.05) is 6.54 Å². The molecule has 1 aliphatic carbocycles. The van der Waals surface area contributed by atoms with Crippen molar-refractivity contribution in [3.05, 3.63) is 0 Å². The van der Waals surface area contributed by atoms with Crippen LogP contribution in [0.1, 0.15) is 72.6 Å². The standard InChI is InChI=1S/C17H32N2O/c1-5-6-9-14-16(20)19(15(18-14)13(2)3)12-17(4)10-7-8-11-17/h13-15,18H,5-12H2,1-4H3. The van der Waals surface area contributed by atoms with Gasteiger partial charge in [-0.1, -0.05) is 53.4 Å². The smallest absolute Gasteiger partial charge is 0.241 e. The molecule has 2 fully saturated rings. The number of hydrogen-bond acceptors (Lipinski definition) is 2. The highest BCUT2D eigenvalue weighted by atomic mass is 16.2. The molecule has 1 N–H and O–H groups in total. The van der Waals surface area contributed by atoms with Crippen LogP contribution in [0.2, 0.25) is 0 Å². The van der Waals surface area contributed by atoms with Crippen molar-refractivity contribution in [1.82, 2.24) is 10.2 Å². The number of hydrogen-bond donors (Lipinski definition) is 1. The molecule has 0 aromatic carbocycles. The summed E-state index contributed by atoms with van der Waals surface area (Å²) in [5.41, 5.74) is 0.351. The summed E-state index contributed by atoms with van der Waals surface area (Å²) in [5, 5.41) is 3.59. The van der Waals surface area contributed by atoms with Gasteiger partial charge >= 0.3 is 0 Å². The fraction of sp³-hybridized carbons (Fsp3) is 0.941. The number of rotatable bonds is 6. The lowest BCUT2D eigenvalue weighted by Gasteiger charge is -2.34. The van der Waals surface area contributed by atoms with Crippen molar-refractivity contribution >= 4 is 5.91 Å². The summed E-state index contributed by atoms with van der Waals surface area (Å²) in [5.74, 6) is 0.834. The van der Waals surface area contributed by atoms with E-state index in [0.717, 1.165) is 25.8 Å². The van der Waals surface area contributed by atoms with Crippen molar-refractivity contribution in [3.8, 4) is 0 Å². The Morgan fingerprint density at radius 3 is 2.55 bits per heavy atom. The number of nitrogens with zero attached hydrogens (tertiary/aromatic N) is 1. The van der Waals surface area contributed by atoms with E-state index in [9.17, 15) is 4.79 Å². The normalized spacial score (nSPS) is 29.6. The van der Waals surface area contributed by atoms with Gasteiger partial charge in [0.05, 0.1) is 12.2 Å². The van der Waals surface area contributed by atoms with Gasteiger partial charge in [0.1, 0.15) is 0 Å². The summed E-state index contributed by atoms with van der Waals surface area (Å²) < 4.78 is 0. The second kappa shape index (κ2) is 6.46. The molecule has 20 heavy (non-hydrogen) atoms. The molecule has 1 heterocycles. The zero-order valence-corrected chi connectivity index (χ0v) is 13.7. The molecule has 2 aliphatic rings. The summed E-state index contributed by atoms with van der Waals surface area (Å²) in [4.78, 5) is 14.9. The Bertz CT molecular complexity index is 334. The first kappa shape index (κ1) is 15.8. The van der Waals surface area contributed by atoms with Gasteiger partial charge in [-0.05, 0) is 30.6 Å². The molecule has 0 aromatic heterocycles. The Balaban J connectivity index is 2.05. The van der Waals surface area contributed by atoms with Crippen LogP contribution in [0.15, 0.2) is 0 Å². The van der Waals surface area contributed by atoms with Crippen LogP contribution >= 0.6 is 0 Å². The van der Waals surface area contributed by atoms with Crippen LogP contribution in [-0.2, 0) is 4.79 Å². The Hall–Kier alpha value is -0.570. The van der Waals surface area contributed by atoms with E-state index in [2.05, 4.69) is 37.9 Å². The van der Waals surface area contributed by atoms with Gasteiger partial charge in [-0.15, -0.1) is 0 Å². The summed E-state index contributed by atoms with van der Waals surface area (Å²) >= 11 is 0. The minimum atomic E-state index is 0.0624. The molecule has 2 rings (SSSR count). The molecule has 1 saturated heterocycles. The SMILES string of the molecule is CCCCC1NC(C(C)C)N(CC2(C)CCCC2)C1=O. The molecule has 0 bridgehead atoms. The molecule has 0 radical (unpaired) electrons. The predicted octanol–water partition coefficient (Wildman–Crippen LogP) is 3.54. The van der Waals surface area contributed by atoms with E-state index in [4.69, 9.17) is 0 Å². The molecule has 2 unspecified atom stereocenters. The fourth-order valence-corrected chi connectivity index (χ4v) is 3.85. The number of carbonyl (C=O) groups is 1. The minimum Gasteiger partial charge on any atom is -0.325 e. The van der Waals surface area contributed by atoms with Gasteiger partial charge in [-0.3, -0.25) is 10.1 Å². The minimum absolute atomic E-state index is 0.0624. The van der Waals surface area contributed by atoms with Crippen LogP contribution in [0.4, 0.5) is 0 Å². The quantitative estimate of drug-likeness (QED) is 0.807. The summed E-state index contributed by atoms with van der Waals surface area (Å²) in [7, 11) is 0. The number of carbonyl (C=O) groups excluding carboxylic acids is 1. The summed E-state index contributed by atoms with van der Waals surface area (Å²) in [6, 6.07) is 0.0624. The molecule has 116 valence electrons. The molecular formula is C17H32N2O. The molecule has 0 aromatic rings. The van der Waals surface area contributed by atoms with Gasteiger partial charge in [0.2, 0.25) is 5.91 Å². The van der Waals surface area contributed by atoms with Crippen LogP contribution < -0.4 is 5.32 Å². The first-order valence-electron chi connectivity index (χ1n) is 8.53. The lowest BCUT2D eigenvalue weighted by atomic mass is 9.87. The Labute approximate surface area is 124 Å². The topological polar surface area (TPSA) is 32.3 Å². The molecule has 1 amide bonds. The lowest BCUT2D eigenvalue weighted by Crippen LogP contribution is -2.45. The maximum absolute atomic E-state index is 12.7. The number of amides is 1. The largest absolute Gasteiger partial charge is 0.325 e. The van der Waals surface area contributed by atoms with Crippen LogP contribution in [0.5, 0.6) is 0 Å². The van der Waals surface area contributed by atoms with E-state index < -0.39 is 0 Å². The lowest BCUT2D eigenvalue weighted by molar-refractivity contribution is -0.132. The van der Waals surface area contributed by atoms with Crippen molar-refractivity contribution in [3.63, 3.8) is 0 Å². The zero-order valence-electron chi connectivity index (χ0n) is 13.7. The van der Waals surface area contributed by atoms with Crippen molar-refractivity contribution in [2.24, 2.45) is 11.3 Å². The maximum Gasteiger partial charge on any atom is 0.241 e. The van der Waals surface area contributed by atoms with E-state index in [1.54, 1.807) is 0 Å². The highest BCUT2D eigenvalue weighted by Crippen LogP contribution is 2.39. The zero-order chi connectivity index (χ0) is 14.8. The fourth-order valence-electron chi connectivity index (χ4n) is 3.85. The Morgan fingerprint density at radius 1 is 1.35 bits per heavy atom. The second-order valence-electron chi connectivity index (χ2n) is 7.53. The molecule has 3 nitrogen and oxygen atoms in total.